The second-order valence-corrected chi connectivity index (χ2v) is 34.4. The van der Waals surface area contributed by atoms with Crippen molar-refractivity contribution in [1.82, 2.24) is 49.7 Å². The Morgan fingerprint density at radius 2 is 0.778 bits per heavy atom. The first-order valence-electron chi connectivity index (χ1n) is 41.5. The lowest BCUT2D eigenvalue weighted by Gasteiger charge is -2.39. The molecule has 12 aromatic rings. The van der Waals surface area contributed by atoms with E-state index >= 15 is 0 Å². The monoisotopic (exact) mass is 1610 g/mol. The van der Waals surface area contributed by atoms with Gasteiger partial charge in [0.25, 0.3) is 0 Å². The molecule has 13 rings (SSSR count). The van der Waals surface area contributed by atoms with Crippen LogP contribution >= 0.6 is 23.2 Å². The molecule has 0 amide bonds. The fraction of sp³-hybridized carbons (Fsp3) is 0.360. The maximum absolute atomic E-state index is 13.4. The fourth-order valence-electron chi connectivity index (χ4n) is 14.0. The van der Waals surface area contributed by atoms with E-state index in [4.69, 9.17) is 43.1 Å². The number of phenols is 3. The number of aromatic hydroxyl groups is 3. The van der Waals surface area contributed by atoms with Crippen LogP contribution in [0.5, 0.6) is 17.2 Å². The average molecular weight is 1610 g/mol. The summed E-state index contributed by atoms with van der Waals surface area (Å²) in [5, 5.41) is 29.2. The van der Waals surface area contributed by atoms with Crippen molar-refractivity contribution in [2.45, 2.75) is 191 Å². The van der Waals surface area contributed by atoms with Crippen LogP contribution in [0.15, 0.2) is 225 Å². The van der Waals surface area contributed by atoms with Gasteiger partial charge in [-0.1, -0.05) is 183 Å². The number of hydrogen-bond donors (Lipinski definition) is 3. The van der Waals surface area contributed by atoms with E-state index in [9.17, 15) is 24.1 Å². The molecule has 612 valence electrons. The van der Waals surface area contributed by atoms with Gasteiger partial charge in [0.15, 0.2) is 0 Å². The molecular formula is C100H116Cl2F2N10O3. The van der Waals surface area contributed by atoms with E-state index in [-0.39, 0.29) is 11.5 Å². The molecule has 1 fully saturated rings. The Labute approximate surface area is 703 Å². The molecule has 1 atom stereocenters. The zero-order valence-electron chi connectivity index (χ0n) is 69.9. The maximum atomic E-state index is 13.4. The Morgan fingerprint density at radius 1 is 0.402 bits per heavy atom. The highest BCUT2D eigenvalue weighted by molar-refractivity contribution is 6.32. The summed E-state index contributed by atoms with van der Waals surface area (Å²) in [4.78, 5) is 41.8. The quantitative estimate of drug-likeness (QED) is 0.0405. The number of phenolic OH excluding ortho intramolecular Hbond substituents is 3. The second kappa shape index (κ2) is 44.4. The van der Waals surface area contributed by atoms with Crippen molar-refractivity contribution in [3.63, 3.8) is 0 Å². The van der Waals surface area contributed by atoms with Crippen molar-refractivity contribution < 1.29 is 24.1 Å². The first-order valence-corrected chi connectivity index (χ1v) is 42.2. The smallest absolute Gasteiger partial charge is 0.134 e. The van der Waals surface area contributed by atoms with Crippen LogP contribution in [-0.2, 0) is 77.2 Å². The zero-order chi connectivity index (χ0) is 83.3. The number of hydrogen-bond acceptors (Lipinski definition) is 13. The molecule has 17 heteroatoms. The van der Waals surface area contributed by atoms with Crippen molar-refractivity contribution >= 4 is 23.2 Å². The summed E-state index contributed by atoms with van der Waals surface area (Å²) in [6.07, 6.45) is 22.9. The van der Waals surface area contributed by atoms with Gasteiger partial charge in [-0.05, 0) is 255 Å². The summed E-state index contributed by atoms with van der Waals surface area (Å²) in [7, 11) is 0. The normalized spacial score (nSPS) is 13.1. The molecule has 4 aromatic heterocycles. The van der Waals surface area contributed by atoms with Gasteiger partial charge < -0.3 is 20.2 Å². The molecular weight excluding hydrogens is 1500 g/mol. The lowest BCUT2D eigenvalue weighted by atomic mass is 9.88. The first-order chi connectivity index (χ1) is 56.2. The van der Waals surface area contributed by atoms with Crippen molar-refractivity contribution in [2.75, 3.05) is 26.2 Å². The Kier molecular flexibility index (Phi) is 33.9. The van der Waals surface area contributed by atoms with Crippen LogP contribution < -0.4 is 0 Å². The fourth-order valence-corrected chi connectivity index (χ4v) is 14.4. The molecule has 0 bridgehead atoms. The van der Waals surface area contributed by atoms with Gasteiger partial charge in [0.2, 0.25) is 0 Å². The minimum Gasteiger partial charge on any atom is -0.508 e. The predicted molar refractivity (Wildman–Crippen MR) is 475 cm³/mol. The molecule has 0 unspecified atom stereocenters. The molecule has 0 spiro atoms. The van der Waals surface area contributed by atoms with Gasteiger partial charge in [-0.25, -0.2) is 48.7 Å². The highest BCUT2D eigenvalue weighted by Crippen LogP contribution is 2.31. The summed E-state index contributed by atoms with van der Waals surface area (Å²) in [5.41, 5.74) is 18.4. The summed E-state index contributed by atoms with van der Waals surface area (Å²) in [6, 6.07) is 64.7. The van der Waals surface area contributed by atoms with E-state index in [1.807, 2.05) is 73.2 Å². The summed E-state index contributed by atoms with van der Waals surface area (Å²) in [6.45, 7) is 28.1. The van der Waals surface area contributed by atoms with E-state index in [1.165, 1.54) is 52.8 Å². The molecule has 13 nitrogen and oxygen atoms in total. The predicted octanol–water partition coefficient (Wildman–Crippen LogP) is 23.7. The third-order valence-corrected chi connectivity index (χ3v) is 21.5. The zero-order valence-corrected chi connectivity index (χ0v) is 71.4. The highest BCUT2D eigenvalue weighted by Gasteiger charge is 2.23. The summed E-state index contributed by atoms with van der Waals surface area (Å²) in [5.74, 6) is 3.46. The van der Waals surface area contributed by atoms with Crippen LogP contribution in [-0.4, -0.2) is 97.2 Å². The van der Waals surface area contributed by atoms with Gasteiger partial charge >= 0.3 is 0 Å². The topological polar surface area (TPSA) is 170 Å². The Balaban J connectivity index is 0.000000165. The average Bonchev–Trinajstić information content (AvgIpc) is 0.839. The van der Waals surface area contributed by atoms with Crippen LogP contribution in [0.1, 0.15) is 176 Å². The van der Waals surface area contributed by atoms with Crippen LogP contribution in [0.3, 0.4) is 0 Å². The number of benzene rings is 8. The van der Waals surface area contributed by atoms with Gasteiger partial charge in [-0.2, -0.15) is 0 Å². The standard InChI is InChI=1S/C27H32F2N4.C25H29ClN2O.C25H30N2O.C23H25ClN2O/c1-3-32-12-13-33(20(2)18-32)19-22-7-4-8-23(14-22)26-10-11-30-27(31-26)9-5-6-21-15-24(28)17-25(29)16-21;1-25(2,3)14-12-19-6-4-8-20(16-19)22-13-15-27-24(28-22)9-5-7-18-10-11-23(29)21(26)17-18;1-25(2,3)16-14-20-7-4-8-21(18-20)23-15-17-26-24(27-23)9-5-6-19-10-12-22(28)13-11-19;1-16(2)6-7-17-4-3-5-19(14-17)21-12-13-25-23(26-21)11-9-18-8-10-22(27)20(24)15-18/h4,7-8,10-11,14-17,20H,3,5-6,9,12-13,18-19H2,1-2H3;4,6,8,10-11,13,15-17,29H,5,7,9,12,14H2,1-3H3;4,7-8,10-13,15,17-18,28H,5-6,9,14,16H2,1-3H3;3-5,8,10,12-16,27H,6-7,9,11H2,1-2H3/t20-;;;/m0.../s1. The molecule has 0 saturated carbocycles. The molecule has 0 aliphatic carbocycles. The van der Waals surface area contributed by atoms with Crippen LogP contribution in [0, 0.1) is 28.4 Å². The van der Waals surface area contributed by atoms with Gasteiger partial charge in [0.05, 0.1) is 32.8 Å². The number of aromatic nitrogens is 8. The van der Waals surface area contributed by atoms with Crippen molar-refractivity contribution in [3.8, 4) is 62.3 Å². The molecule has 5 heterocycles. The highest BCUT2D eigenvalue weighted by atomic mass is 35.5. The molecule has 0 radical (unpaired) electrons. The number of likely N-dealkylation sites (N-methyl/N-ethyl adjacent to an activating group) is 1. The summed E-state index contributed by atoms with van der Waals surface area (Å²) >= 11 is 12.0. The number of halogens is 4. The number of nitrogens with zero attached hydrogens (tertiary/aromatic N) is 10. The molecule has 117 heavy (non-hydrogen) atoms. The van der Waals surface area contributed by atoms with Gasteiger partial charge in [-0.15, -0.1) is 0 Å². The van der Waals surface area contributed by atoms with Gasteiger partial charge in [0, 0.05) is 111 Å². The maximum Gasteiger partial charge on any atom is 0.134 e. The van der Waals surface area contributed by atoms with Crippen LogP contribution in [0.25, 0.3) is 45.0 Å². The third kappa shape index (κ3) is 30.7. The van der Waals surface area contributed by atoms with Gasteiger partial charge in [0.1, 0.15) is 52.2 Å². The lowest BCUT2D eigenvalue weighted by Crippen LogP contribution is -2.51. The SMILES string of the molecule is CC(C)(C)CCc1cccc(-c2ccnc(CCCc3ccc(O)c(Cl)c3)n2)c1.CC(C)(C)CCc1cccc(-c2ccnc(CCCc3ccc(O)cc3)n2)c1.CC(C)CCc1cccc(-c2ccnc(CCc3ccc(O)c(Cl)c3)n2)c1.CCN1CCN(Cc2cccc(-c3ccnc(CCCc4cc(F)cc(F)c4)n3)c2)[C@@H](C)C1. The Bertz CT molecular complexity index is 5090. The van der Waals surface area contributed by atoms with Crippen LogP contribution in [0.2, 0.25) is 10.0 Å². The third-order valence-electron chi connectivity index (χ3n) is 20.9. The van der Waals surface area contributed by atoms with Crippen molar-refractivity contribution in [2.24, 2.45) is 16.7 Å². The minimum atomic E-state index is -0.537. The lowest BCUT2D eigenvalue weighted by molar-refractivity contribution is 0.0812. The molecule has 3 N–H and O–H groups in total. The largest absolute Gasteiger partial charge is 0.508 e. The second-order valence-electron chi connectivity index (χ2n) is 33.6. The number of aryl methyl sites for hydroxylation is 11. The molecule has 1 aliphatic rings. The Morgan fingerprint density at radius 3 is 1.19 bits per heavy atom. The first kappa shape index (κ1) is 89.2. The van der Waals surface area contributed by atoms with E-state index in [2.05, 4.69) is 196 Å². The van der Waals surface area contributed by atoms with E-state index < -0.39 is 11.6 Å². The molecule has 1 aliphatic heterocycles. The molecule has 8 aromatic carbocycles. The van der Waals surface area contributed by atoms with Gasteiger partial charge in [-0.3, -0.25) is 4.90 Å². The van der Waals surface area contributed by atoms with E-state index in [0.717, 1.165) is 202 Å². The van der Waals surface area contributed by atoms with Crippen molar-refractivity contribution in [1.29, 1.82) is 0 Å². The number of rotatable bonds is 29. The molecule has 1 saturated heterocycles. The van der Waals surface area contributed by atoms with E-state index in [0.29, 0.717) is 57.0 Å². The number of piperazine rings is 1. The van der Waals surface area contributed by atoms with Crippen molar-refractivity contribution in [3.05, 3.63) is 314 Å². The minimum absolute atomic E-state index is 0.107. The van der Waals surface area contributed by atoms with Crippen LogP contribution in [0.4, 0.5) is 8.78 Å². The summed E-state index contributed by atoms with van der Waals surface area (Å²) < 4.78 is 26.8. The Hall–Kier alpha value is -10.2. The van der Waals surface area contributed by atoms with E-state index in [1.54, 1.807) is 36.5 Å².